The molecule has 2 aromatic carbocycles. The molecule has 28 heavy (non-hydrogen) atoms. The van der Waals surface area contributed by atoms with Crippen molar-refractivity contribution in [3.05, 3.63) is 65.2 Å². The fourth-order valence-electron chi connectivity index (χ4n) is 2.98. The third-order valence-corrected chi connectivity index (χ3v) is 4.77. The number of carbonyl (C=O) groups is 1. The fourth-order valence-corrected chi connectivity index (χ4v) is 3.25. The van der Waals surface area contributed by atoms with Crippen molar-refractivity contribution in [2.45, 2.75) is 19.4 Å². The quantitative estimate of drug-likeness (QED) is 0.726. The molecule has 0 saturated heterocycles. The number of rotatable bonds is 4. The molecule has 3 aromatic rings. The van der Waals surface area contributed by atoms with Crippen LogP contribution >= 0.6 is 11.6 Å². The first-order chi connectivity index (χ1) is 13.6. The van der Waals surface area contributed by atoms with Crippen LogP contribution in [0.1, 0.15) is 35.3 Å². The van der Waals surface area contributed by atoms with Gasteiger partial charge in [-0.1, -0.05) is 23.7 Å². The molecule has 4 rings (SSSR count). The molecule has 0 saturated carbocycles. The van der Waals surface area contributed by atoms with E-state index in [0.717, 1.165) is 17.7 Å². The molecule has 0 radical (unpaired) electrons. The first-order valence-corrected chi connectivity index (χ1v) is 9.34. The van der Waals surface area contributed by atoms with Crippen LogP contribution in [-0.4, -0.2) is 33.9 Å². The molecule has 2 heterocycles. The van der Waals surface area contributed by atoms with E-state index in [9.17, 15) is 4.79 Å². The zero-order chi connectivity index (χ0) is 19.5. The summed E-state index contributed by atoms with van der Waals surface area (Å²) in [5, 5.41) is 7.46. The molecule has 1 N–H and O–H groups in total. The highest BCUT2D eigenvalue weighted by atomic mass is 35.5. The van der Waals surface area contributed by atoms with Gasteiger partial charge in [0.2, 0.25) is 0 Å². The highest BCUT2D eigenvalue weighted by Crippen LogP contribution is 2.38. The van der Waals surface area contributed by atoms with Gasteiger partial charge in [-0.3, -0.25) is 4.79 Å². The SMILES string of the molecule is C[C@H](NC(=O)c1cc(Cl)c2c(c1)OCCCO2)c1ccc(-n2cncn2)cc1. The maximum atomic E-state index is 12.7. The monoisotopic (exact) mass is 398 g/mol. The van der Waals surface area contributed by atoms with Gasteiger partial charge in [-0.05, 0) is 36.8 Å². The molecule has 8 heteroatoms. The minimum absolute atomic E-state index is 0.188. The second kappa shape index (κ2) is 7.90. The van der Waals surface area contributed by atoms with E-state index in [2.05, 4.69) is 15.4 Å². The zero-order valence-corrected chi connectivity index (χ0v) is 16.0. The Bertz CT molecular complexity index is 974. The normalized spacial score (nSPS) is 14.2. The molecular weight excluding hydrogens is 380 g/mol. The first-order valence-electron chi connectivity index (χ1n) is 8.97. The summed E-state index contributed by atoms with van der Waals surface area (Å²) in [5.74, 6) is 0.762. The molecule has 1 aromatic heterocycles. The van der Waals surface area contributed by atoms with Gasteiger partial charge in [0.25, 0.3) is 5.91 Å². The number of hydrogen-bond donors (Lipinski definition) is 1. The lowest BCUT2D eigenvalue weighted by atomic mass is 10.1. The van der Waals surface area contributed by atoms with Crippen LogP contribution in [0.4, 0.5) is 0 Å². The minimum atomic E-state index is -0.231. The molecule has 1 aliphatic heterocycles. The average Bonchev–Trinajstić information content (AvgIpc) is 3.13. The molecular formula is C20H19ClN4O3. The number of aromatic nitrogens is 3. The van der Waals surface area contributed by atoms with E-state index in [4.69, 9.17) is 21.1 Å². The number of ether oxygens (including phenoxy) is 2. The van der Waals surface area contributed by atoms with E-state index >= 15 is 0 Å². The van der Waals surface area contributed by atoms with Crippen LogP contribution < -0.4 is 14.8 Å². The number of nitrogens with zero attached hydrogens (tertiary/aromatic N) is 3. The molecule has 0 unspecified atom stereocenters. The van der Waals surface area contributed by atoms with Crippen molar-refractivity contribution in [1.29, 1.82) is 0 Å². The van der Waals surface area contributed by atoms with E-state index in [1.165, 1.54) is 6.33 Å². The Labute approximate surface area is 167 Å². The molecule has 0 fully saturated rings. The van der Waals surface area contributed by atoms with Crippen LogP contribution in [0, 0.1) is 0 Å². The summed E-state index contributed by atoms with van der Waals surface area (Å²) in [4.78, 5) is 16.7. The summed E-state index contributed by atoms with van der Waals surface area (Å²) < 4.78 is 12.9. The maximum absolute atomic E-state index is 12.7. The van der Waals surface area contributed by atoms with Crippen LogP contribution in [0.25, 0.3) is 5.69 Å². The number of hydrogen-bond acceptors (Lipinski definition) is 5. The topological polar surface area (TPSA) is 78.3 Å². The number of nitrogens with one attached hydrogen (secondary N) is 1. The Morgan fingerprint density at radius 1 is 1.21 bits per heavy atom. The smallest absolute Gasteiger partial charge is 0.251 e. The summed E-state index contributed by atoms with van der Waals surface area (Å²) in [6.07, 6.45) is 3.89. The van der Waals surface area contributed by atoms with E-state index in [1.807, 2.05) is 31.2 Å². The van der Waals surface area contributed by atoms with Crippen molar-refractivity contribution in [3.63, 3.8) is 0 Å². The molecule has 1 amide bonds. The minimum Gasteiger partial charge on any atom is -0.489 e. The third-order valence-electron chi connectivity index (χ3n) is 4.49. The second-order valence-electron chi connectivity index (χ2n) is 6.46. The molecule has 0 aliphatic carbocycles. The van der Waals surface area contributed by atoms with E-state index in [1.54, 1.807) is 23.1 Å². The number of amides is 1. The maximum Gasteiger partial charge on any atom is 0.251 e. The van der Waals surface area contributed by atoms with Crippen LogP contribution in [0.2, 0.25) is 5.02 Å². The Kier molecular flexibility index (Phi) is 5.16. The van der Waals surface area contributed by atoms with Crippen LogP contribution in [0.3, 0.4) is 0 Å². The Balaban J connectivity index is 1.49. The largest absolute Gasteiger partial charge is 0.489 e. The van der Waals surface area contributed by atoms with Gasteiger partial charge < -0.3 is 14.8 Å². The standard InChI is InChI=1S/C20H19ClN4O3/c1-13(14-3-5-16(6-4-14)25-12-22-11-23-25)24-20(26)15-9-17(21)19-18(10-15)27-7-2-8-28-19/h3-6,9-13H,2,7-8H2,1H3,(H,24,26)/t13-/m0/s1. The number of fused-ring (bicyclic) bond motifs is 1. The summed E-state index contributed by atoms with van der Waals surface area (Å²) in [6.45, 7) is 3.00. The van der Waals surface area contributed by atoms with Gasteiger partial charge in [-0.15, -0.1) is 0 Å². The fraction of sp³-hybridized carbons (Fsp3) is 0.250. The molecule has 0 spiro atoms. The predicted molar refractivity (Wildman–Crippen MR) is 104 cm³/mol. The highest BCUT2D eigenvalue weighted by Gasteiger charge is 2.19. The van der Waals surface area contributed by atoms with Crippen molar-refractivity contribution in [2.75, 3.05) is 13.2 Å². The zero-order valence-electron chi connectivity index (χ0n) is 15.3. The van der Waals surface area contributed by atoms with Crippen molar-refractivity contribution in [2.24, 2.45) is 0 Å². The van der Waals surface area contributed by atoms with Crippen LogP contribution in [-0.2, 0) is 0 Å². The lowest BCUT2D eigenvalue weighted by Crippen LogP contribution is -2.26. The first kappa shape index (κ1) is 18.3. The molecule has 0 bridgehead atoms. The summed E-state index contributed by atoms with van der Waals surface area (Å²) in [7, 11) is 0. The van der Waals surface area contributed by atoms with Gasteiger partial charge >= 0.3 is 0 Å². The van der Waals surface area contributed by atoms with E-state index < -0.39 is 0 Å². The second-order valence-corrected chi connectivity index (χ2v) is 6.87. The van der Waals surface area contributed by atoms with Crippen molar-refractivity contribution in [3.8, 4) is 17.2 Å². The molecule has 144 valence electrons. The van der Waals surface area contributed by atoms with Gasteiger partial charge in [0, 0.05) is 12.0 Å². The Morgan fingerprint density at radius 3 is 2.75 bits per heavy atom. The summed E-state index contributed by atoms with van der Waals surface area (Å²) in [5.41, 5.74) is 2.30. The average molecular weight is 399 g/mol. The molecule has 1 aliphatic rings. The van der Waals surface area contributed by atoms with Gasteiger partial charge in [-0.25, -0.2) is 9.67 Å². The van der Waals surface area contributed by atoms with Crippen molar-refractivity contribution >= 4 is 17.5 Å². The summed E-state index contributed by atoms with van der Waals surface area (Å²) in [6, 6.07) is 10.8. The molecule has 1 atom stereocenters. The van der Waals surface area contributed by atoms with Crippen LogP contribution in [0.5, 0.6) is 11.5 Å². The lowest BCUT2D eigenvalue weighted by Gasteiger charge is -2.16. The Morgan fingerprint density at radius 2 is 2.00 bits per heavy atom. The van der Waals surface area contributed by atoms with E-state index in [0.29, 0.717) is 35.3 Å². The van der Waals surface area contributed by atoms with Gasteiger partial charge in [0.15, 0.2) is 11.5 Å². The predicted octanol–water partition coefficient (Wildman–Crippen LogP) is 3.57. The van der Waals surface area contributed by atoms with Crippen molar-refractivity contribution < 1.29 is 14.3 Å². The van der Waals surface area contributed by atoms with E-state index in [-0.39, 0.29) is 11.9 Å². The third kappa shape index (κ3) is 3.80. The van der Waals surface area contributed by atoms with Crippen molar-refractivity contribution in [1.82, 2.24) is 20.1 Å². The summed E-state index contributed by atoms with van der Waals surface area (Å²) >= 11 is 6.29. The Hall–Kier alpha value is -3.06. The van der Waals surface area contributed by atoms with Gasteiger partial charge in [0.05, 0.1) is 30.0 Å². The lowest BCUT2D eigenvalue weighted by molar-refractivity contribution is 0.0939. The van der Waals surface area contributed by atoms with Gasteiger partial charge in [-0.2, -0.15) is 5.10 Å². The number of benzene rings is 2. The number of carbonyl (C=O) groups excluding carboxylic acids is 1. The highest BCUT2D eigenvalue weighted by molar-refractivity contribution is 6.32. The van der Waals surface area contributed by atoms with Gasteiger partial charge in [0.1, 0.15) is 12.7 Å². The number of halogens is 1. The van der Waals surface area contributed by atoms with Crippen LogP contribution in [0.15, 0.2) is 49.1 Å². The molecule has 7 nitrogen and oxygen atoms in total.